The Balaban J connectivity index is 1.85. The van der Waals surface area contributed by atoms with Crippen LogP contribution in [0.5, 0.6) is 0 Å². The van der Waals surface area contributed by atoms with Gasteiger partial charge in [-0.15, -0.1) is 0 Å². The van der Waals surface area contributed by atoms with E-state index in [0.717, 1.165) is 5.56 Å². The van der Waals surface area contributed by atoms with Crippen LogP contribution < -0.4 is 5.32 Å². The van der Waals surface area contributed by atoms with Crippen LogP contribution in [0.2, 0.25) is 0 Å². The Hall–Kier alpha value is -1.47. The van der Waals surface area contributed by atoms with Crippen molar-refractivity contribution in [3.63, 3.8) is 0 Å². The molecule has 1 aromatic rings. The van der Waals surface area contributed by atoms with Gasteiger partial charge in [0.15, 0.2) is 0 Å². The zero-order valence-corrected chi connectivity index (χ0v) is 14.0. The van der Waals surface area contributed by atoms with Crippen LogP contribution in [0.15, 0.2) is 30.3 Å². The topological polar surface area (TPSA) is 93.0 Å². The first-order valence-electron chi connectivity index (χ1n) is 8.59. The van der Waals surface area contributed by atoms with Crippen LogP contribution in [-0.4, -0.2) is 70.6 Å². The van der Waals surface area contributed by atoms with Gasteiger partial charge in [0.2, 0.25) is 5.91 Å². The summed E-state index contributed by atoms with van der Waals surface area (Å²) in [6.07, 6.45) is 1.18. The highest BCUT2D eigenvalue weighted by Gasteiger charge is 2.41. The normalized spacial score (nSPS) is 24.1. The Morgan fingerprint density at radius 1 is 1.33 bits per heavy atom. The van der Waals surface area contributed by atoms with E-state index in [-0.39, 0.29) is 25.6 Å². The van der Waals surface area contributed by atoms with E-state index >= 15 is 0 Å². The number of aliphatic hydroxyl groups is 3. The fourth-order valence-electron chi connectivity index (χ4n) is 3.01. The number of amides is 1. The van der Waals surface area contributed by atoms with E-state index in [1.54, 1.807) is 4.90 Å². The standard InChI is InChI=1S/C18H28N2O4/c21-12-4-10-19-13-18(24)14-20(11-9-16(18)22)17(23)8-7-15-5-2-1-3-6-15/h1-3,5-6,16,19,21-22,24H,4,7-14H2/t16-,18+/m1/s1. The molecule has 0 aliphatic carbocycles. The van der Waals surface area contributed by atoms with E-state index in [1.807, 2.05) is 30.3 Å². The molecule has 2 atom stereocenters. The van der Waals surface area contributed by atoms with Crippen LogP contribution in [-0.2, 0) is 11.2 Å². The zero-order chi connectivity index (χ0) is 17.4. The van der Waals surface area contributed by atoms with Crippen molar-refractivity contribution in [1.29, 1.82) is 0 Å². The molecule has 6 heteroatoms. The Morgan fingerprint density at radius 3 is 2.79 bits per heavy atom. The number of benzene rings is 1. The fraction of sp³-hybridized carbons (Fsp3) is 0.611. The van der Waals surface area contributed by atoms with Gasteiger partial charge in [-0.2, -0.15) is 0 Å². The molecule has 0 spiro atoms. The minimum Gasteiger partial charge on any atom is -0.396 e. The number of piperidine rings is 1. The lowest BCUT2D eigenvalue weighted by Gasteiger charge is -2.43. The SMILES string of the molecule is O=C(CCc1ccccc1)N1CC[C@@H](O)[C@](O)(CNCCCO)C1. The second-order valence-corrected chi connectivity index (χ2v) is 6.46. The maximum absolute atomic E-state index is 12.4. The smallest absolute Gasteiger partial charge is 0.223 e. The third-order valence-corrected chi connectivity index (χ3v) is 4.52. The fourth-order valence-corrected chi connectivity index (χ4v) is 3.01. The van der Waals surface area contributed by atoms with Gasteiger partial charge in [-0.05, 0) is 31.4 Å². The minimum absolute atomic E-state index is 0.000429. The van der Waals surface area contributed by atoms with E-state index in [9.17, 15) is 15.0 Å². The monoisotopic (exact) mass is 336 g/mol. The number of carbonyl (C=O) groups excluding carboxylic acids is 1. The Bertz CT molecular complexity index is 511. The molecular weight excluding hydrogens is 308 g/mol. The summed E-state index contributed by atoms with van der Waals surface area (Å²) >= 11 is 0. The number of nitrogens with one attached hydrogen (secondary N) is 1. The van der Waals surface area contributed by atoms with Crippen LogP contribution in [0.4, 0.5) is 0 Å². The van der Waals surface area contributed by atoms with Crippen molar-refractivity contribution in [3.05, 3.63) is 35.9 Å². The molecule has 1 heterocycles. The molecule has 1 saturated heterocycles. The third-order valence-electron chi connectivity index (χ3n) is 4.52. The van der Waals surface area contributed by atoms with Crippen molar-refractivity contribution < 1.29 is 20.1 Å². The molecule has 0 bridgehead atoms. The second kappa shape index (κ2) is 9.13. The lowest BCUT2D eigenvalue weighted by atomic mass is 9.89. The number of carbonyl (C=O) groups is 1. The van der Waals surface area contributed by atoms with Crippen molar-refractivity contribution in [2.24, 2.45) is 0 Å². The maximum atomic E-state index is 12.4. The van der Waals surface area contributed by atoms with Gasteiger partial charge in [0.1, 0.15) is 5.60 Å². The van der Waals surface area contributed by atoms with Crippen molar-refractivity contribution in [3.8, 4) is 0 Å². The van der Waals surface area contributed by atoms with Crippen molar-refractivity contribution in [1.82, 2.24) is 10.2 Å². The van der Waals surface area contributed by atoms with Gasteiger partial charge in [0, 0.05) is 26.1 Å². The molecule has 0 aromatic heterocycles. The number of aliphatic hydroxyl groups excluding tert-OH is 2. The lowest BCUT2D eigenvalue weighted by Crippen LogP contribution is -2.62. The van der Waals surface area contributed by atoms with Crippen molar-refractivity contribution >= 4 is 5.91 Å². The number of aryl methyl sites for hydroxylation is 1. The molecule has 6 nitrogen and oxygen atoms in total. The summed E-state index contributed by atoms with van der Waals surface area (Å²) in [6, 6.07) is 9.84. The van der Waals surface area contributed by atoms with E-state index < -0.39 is 11.7 Å². The summed E-state index contributed by atoms with van der Waals surface area (Å²) in [5, 5.41) is 32.6. The van der Waals surface area contributed by atoms with Crippen LogP contribution in [0.3, 0.4) is 0 Å². The molecule has 24 heavy (non-hydrogen) atoms. The van der Waals surface area contributed by atoms with Gasteiger partial charge in [0.25, 0.3) is 0 Å². The molecule has 1 amide bonds. The number of β-amino-alcohol motifs (C(OH)–C–C–N with tert-alkyl or cyclic N) is 1. The van der Waals surface area contributed by atoms with Gasteiger partial charge in [-0.3, -0.25) is 4.79 Å². The van der Waals surface area contributed by atoms with Crippen LogP contribution >= 0.6 is 0 Å². The van der Waals surface area contributed by atoms with Crippen LogP contribution in [0.1, 0.15) is 24.8 Å². The lowest BCUT2D eigenvalue weighted by molar-refractivity contribution is -0.150. The Kier molecular flexibility index (Phi) is 7.17. The number of nitrogens with zero attached hydrogens (tertiary/aromatic N) is 1. The molecular formula is C18H28N2O4. The first-order chi connectivity index (χ1) is 11.5. The molecule has 0 unspecified atom stereocenters. The average Bonchev–Trinajstić information content (AvgIpc) is 2.60. The minimum atomic E-state index is -1.34. The van der Waals surface area contributed by atoms with E-state index in [1.165, 1.54) is 0 Å². The molecule has 0 saturated carbocycles. The van der Waals surface area contributed by atoms with E-state index in [2.05, 4.69) is 5.32 Å². The molecule has 0 radical (unpaired) electrons. The summed E-state index contributed by atoms with van der Waals surface area (Å²) in [7, 11) is 0. The van der Waals surface area contributed by atoms with Crippen LogP contribution in [0.25, 0.3) is 0 Å². The van der Waals surface area contributed by atoms with Crippen molar-refractivity contribution in [2.75, 3.05) is 32.8 Å². The first kappa shape index (κ1) is 18.9. The van der Waals surface area contributed by atoms with Gasteiger partial charge < -0.3 is 25.5 Å². The molecule has 1 aromatic carbocycles. The van der Waals surface area contributed by atoms with Gasteiger partial charge >= 0.3 is 0 Å². The molecule has 1 aliphatic heterocycles. The summed E-state index contributed by atoms with van der Waals surface area (Å²) in [4.78, 5) is 14.1. The highest BCUT2D eigenvalue weighted by molar-refractivity contribution is 5.76. The van der Waals surface area contributed by atoms with Gasteiger partial charge in [-0.25, -0.2) is 0 Å². The van der Waals surface area contributed by atoms with Crippen molar-refractivity contribution in [2.45, 2.75) is 37.4 Å². The third kappa shape index (κ3) is 5.27. The zero-order valence-electron chi connectivity index (χ0n) is 14.0. The molecule has 1 fully saturated rings. The molecule has 1 aliphatic rings. The quantitative estimate of drug-likeness (QED) is 0.498. The molecule has 2 rings (SSSR count). The number of likely N-dealkylation sites (tertiary alicyclic amines) is 1. The number of hydrogen-bond donors (Lipinski definition) is 4. The summed E-state index contributed by atoms with van der Waals surface area (Å²) < 4.78 is 0. The maximum Gasteiger partial charge on any atom is 0.223 e. The predicted molar refractivity (Wildman–Crippen MR) is 91.5 cm³/mol. The van der Waals surface area contributed by atoms with Gasteiger partial charge in [0.05, 0.1) is 12.6 Å². The first-order valence-corrected chi connectivity index (χ1v) is 8.59. The summed E-state index contributed by atoms with van der Waals surface area (Å²) in [6.45, 7) is 1.45. The second-order valence-electron chi connectivity index (χ2n) is 6.46. The molecule has 134 valence electrons. The van der Waals surface area contributed by atoms with E-state index in [4.69, 9.17) is 5.11 Å². The average molecular weight is 336 g/mol. The largest absolute Gasteiger partial charge is 0.396 e. The highest BCUT2D eigenvalue weighted by Crippen LogP contribution is 2.22. The Morgan fingerprint density at radius 2 is 2.08 bits per heavy atom. The van der Waals surface area contributed by atoms with Crippen LogP contribution in [0, 0.1) is 0 Å². The predicted octanol–water partition coefficient (Wildman–Crippen LogP) is -0.0845. The molecule has 4 N–H and O–H groups in total. The summed E-state index contributed by atoms with van der Waals surface area (Å²) in [5.41, 5.74) is -0.223. The van der Waals surface area contributed by atoms with Gasteiger partial charge in [-0.1, -0.05) is 30.3 Å². The Labute approximate surface area is 143 Å². The van der Waals surface area contributed by atoms with E-state index in [0.29, 0.717) is 38.8 Å². The number of hydrogen-bond acceptors (Lipinski definition) is 5. The highest BCUT2D eigenvalue weighted by atomic mass is 16.3. The summed E-state index contributed by atoms with van der Waals surface area (Å²) in [5.74, 6) is -0.000429. The number of rotatable bonds is 8.